The van der Waals surface area contributed by atoms with Gasteiger partial charge in [0.2, 0.25) is 0 Å². The zero-order chi connectivity index (χ0) is 13.2. The van der Waals surface area contributed by atoms with E-state index in [9.17, 15) is 4.79 Å². The summed E-state index contributed by atoms with van der Waals surface area (Å²) < 4.78 is 0.947. The minimum absolute atomic E-state index is 0. The maximum absolute atomic E-state index is 12.3. The molecule has 106 valence electrons. The molecule has 3 nitrogen and oxygen atoms in total. The molecule has 1 aromatic rings. The molecule has 5 heteroatoms. The topological polar surface area (TPSA) is 41.1 Å². The van der Waals surface area contributed by atoms with E-state index >= 15 is 0 Å². The molecule has 1 aliphatic rings. The quantitative estimate of drug-likeness (QED) is 0.863. The summed E-state index contributed by atoms with van der Waals surface area (Å²) in [5, 5.41) is 6.48. The van der Waals surface area contributed by atoms with Gasteiger partial charge in [-0.2, -0.15) is 0 Å². The number of halogens is 2. The predicted molar refractivity (Wildman–Crippen MR) is 84.1 cm³/mol. The fraction of sp³-hybridized carbons (Fsp3) is 0.500. The Hall–Kier alpha value is -0.580. The van der Waals surface area contributed by atoms with E-state index in [4.69, 9.17) is 0 Å². The van der Waals surface area contributed by atoms with Crippen LogP contribution in [0.25, 0.3) is 0 Å². The van der Waals surface area contributed by atoms with Crippen molar-refractivity contribution in [1.29, 1.82) is 0 Å². The van der Waals surface area contributed by atoms with E-state index in [0.29, 0.717) is 0 Å². The summed E-state index contributed by atoms with van der Waals surface area (Å²) in [5.41, 5.74) is 1.73. The van der Waals surface area contributed by atoms with Gasteiger partial charge >= 0.3 is 0 Å². The van der Waals surface area contributed by atoms with Crippen molar-refractivity contribution in [2.75, 3.05) is 13.1 Å². The van der Waals surface area contributed by atoms with Crippen molar-refractivity contribution in [1.82, 2.24) is 10.6 Å². The van der Waals surface area contributed by atoms with Crippen molar-refractivity contribution in [2.45, 2.75) is 32.2 Å². The number of benzene rings is 1. The van der Waals surface area contributed by atoms with Gasteiger partial charge in [-0.15, -0.1) is 12.4 Å². The first-order valence-electron chi connectivity index (χ1n) is 6.29. The van der Waals surface area contributed by atoms with Gasteiger partial charge in [-0.3, -0.25) is 4.79 Å². The molecule has 1 heterocycles. The third-order valence-corrected chi connectivity index (χ3v) is 3.88. The minimum Gasteiger partial charge on any atom is -0.347 e. The Morgan fingerprint density at radius 2 is 1.95 bits per heavy atom. The number of rotatable bonds is 2. The molecule has 1 fully saturated rings. The molecule has 0 aliphatic carbocycles. The molecule has 2 rings (SSSR count). The fourth-order valence-corrected chi connectivity index (χ4v) is 2.92. The normalized spacial score (nSPS) is 17.4. The maximum Gasteiger partial charge on any atom is 0.251 e. The van der Waals surface area contributed by atoms with Crippen LogP contribution in [0.5, 0.6) is 0 Å². The Morgan fingerprint density at radius 3 is 2.53 bits per heavy atom. The number of aryl methyl sites for hydroxylation is 1. The second kappa shape index (κ2) is 6.73. The van der Waals surface area contributed by atoms with Gasteiger partial charge in [0, 0.05) is 15.6 Å². The first kappa shape index (κ1) is 16.5. The largest absolute Gasteiger partial charge is 0.347 e. The van der Waals surface area contributed by atoms with Gasteiger partial charge in [0.1, 0.15) is 0 Å². The molecule has 0 spiro atoms. The summed E-state index contributed by atoms with van der Waals surface area (Å²) in [6, 6.07) is 5.79. The zero-order valence-electron chi connectivity index (χ0n) is 11.3. The number of piperidine rings is 1. The molecule has 1 aromatic carbocycles. The van der Waals surface area contributed by atoms with E-state index in [1.807, 2.05) is 25.1 Å². The third kappa shape index (κ3) is 4.48. The molecule has 0 unspecified atom stereocenters. The lowest BCUT2D eigenvalue weighted by atomic mass is 9.90. The molecule has 0 saturated carbocycles. The van der Waals surface area contributed by atoms with Crippen LogP contribution in [-0.4, -0.2) is 24.5 Å². The highest BCUT2D eigenvalue weighted by molar-refractivity contribution is 9.10. The lowest BCUT2D eigenvalue weighted by molar-refractivity contribution is 0.0887. The molecule has 1 aliphatic heterocycles. The summed E-state index contributed by atoms with van der Waals surface area (Å²) in [6.07, 6.45) is 1.96. The van der Waals surface area contributed by atoms with Crippen molar-refractivity contribution in [3.8, 4) is 0 Å². The van der Waals surface area contributed by atoms with Crippen LogP contribution in [0.4, 0.5) is 0 Å². The van der Waals surface area contributed by atoms with Crippen LogP contribution in [0.15, 0.2) is 22.7 Å². The van der Waals surface area contributed by atoms with E-state index in [1.54, 1.807) is 0 Å². The zero-order valence-corrected chi connectivity index (χ0v) is 13.7. The monoisotopic (exact) mass is 346 g/mol. The molecule has 1 amide bonds. The van der Waals surface area contributed by atoms with Crippen molar-refractivity contribution < 1.29 is 4.79 Å². The average molecular weight is 348 g/mol. The van der Waals surface area contributed by atoms with Crippen LogP contribution in [0.2, 0.25) is 0 Å². The molecule has 0 radical (unpaired) electrons. The Bertz CT molecular complexity index is 439. The Balaban J connectivity index is 0.00000180. The van der Waals surface area contributed by atoms with E-state index in [-0.39, 0.29) is 23.9 Å². The summed E-state index contributed by atoms with van der Waals surface area (Å²) in [6.45, 7) is 6.05. The highest BCUT2D eigenvalue weighted by atomic mass is 79.9. The maximum atomic E-state index is 12.3. The van der Waals surface area contributed by atoms with Gasteiger partial charge in [0.15, 0.2) is 0 Å². The van der Waals surface area contributed by atoms with Crippen LogP contribution < -0.4 is 10.6 Å². The van der Waals surface area contributed by atoms with Gasteiger partial charge in [0.05, 0.1) is 0 Å². The van der Waals surface area contributed by atoms with Crippen LogP contribution in [0, 0.1) is 6.92 Å². The van der Waals surface area contributed by atoms with Gasteiger partial charge in [-0.25, -0.2) is 0 Å². The van der Waals surface area contributed by atoms with E-state index in [1.165, 1.54) is 0 Å². The number of carbonyl (C=O) groups excluding carboxylic acids is 1. The standard InChI is InChI=1S/C14H19BrN2O.ClH/c1-10-7-11(9-12(15)8-10)13(18)17-14(2)3-5-16-6-4-14;/h7-9,16H,3-6H2,1-2H3,(H,17,18);1H. The SMILES string of the molecule is Cc1cc(Br)cc(C(=O)NC2(C)CCNCC2)c1.Cl. The Labute approximate surface area is 129 Å². The molecule has 19 heavy (non-hydrogen) atoms. The minimum atomic E-state index is -0.0848. The van der Waals surface area contributed by atoms with Crippen molar-refractivity contribution in [3.63, 3.8) is 0 Å². The lowest BCUT2D eigenvalue weighted by Crippen LogP contribution is -2.52. The van der Waals surface area contributed by atoms with Crippen molar-refractivity contribution in [3.05, 3.63) is 33.8 Å². The molecule has 2 N–H and O–H groups in total. The van der Waals surface area contributed by atoms with Crippen molar-refractivity contribution in [2.24, 2.45) is 0 Å². The number of hydrogen-bond donors (Lipinski definition) is 2. The Kier molecular flexibility index (Phi) is 5.83. The molecule has 1 saturated heterocycles. The van der Waals surface area contributed by atoms with E-state index < -0.39 is 0 Å². The summed E-state index contributed by atoms with van der Waals surface area (Å²) in [7, 11) is 0. The van der Waals surface area contributed by atoms with E-state index in [0.717, 1.165) is 41.5 Å². The second-order valence-corrected chi connectivity index (χ2v) is 6.20. The number of carbonyl (C=O) groups is 1. The first-order chi connectivity index (χ1) is 8.48. The van der Waals surface area contributed by atoms with Gasteiger partial charge in [-0.05, 0) is 63.5 Å². The average Bonchev–Trinajstić information content (AvgIpc) is 2.28. The molecule has 0 atom stereocenters. The molecule has 0 bridgehead atoms. The molecule has 0 aromatic heterocycles. The van der Waals surface area contributed by atoms with Gasteiger partial charge in [0.25, 0.3) is 5.91 Å². The highest BCUT2D eigenvalue weighted by Crippen LogP contribution is 2.20. The third-order valence-electron chi connectivity index (χ3n) is 3.43. The predicted octanol–water partition coefficient (Wildman–Crippen LogP) is 3.05. The Morgan fingerprint density at radius 1 is 1.32 bits per heavy atom. The second-order valence-electron chi connectivity index (χ2n) is 5.28. The summed E-state index contributed by atoms with van der Waals surface area (Å²) >= 11 is 3.43. The van der Waals surface area contributed by atoms with Gasteiger partial charge < -0.3 is 10.6 Å². The number of amides is 1. The summed E-state index contributed by atoms with van der Waals surface area (Å²) in [4.78, 5) is 12.3. The summed E-state index contributed by atoms with van der Waals surface area (Å²) in [5.74, 6) is 0.0174. The number of nitrogens with one attached hydrogen (secondary N) is 2. The van der Waals surface area contributed by atoms with Gasteiger partial charge in [-0.1, -0.05) is 15.9 Å². The number of hydrogen-bond acceptors (Lipinski definition) is 2. The molecular formula is C14H20BrClN2O. The molecular weight excluding hydrogens is 328 g/mol. The smallest absolute Gasteiger partial charge is 0.251 e. The first-order valence-corrected chi connectivity index (χ1v) is 7.08. The van der Waals surface area contributed by atoms with Crippen LogP contribution in [-0.2, 0) is 0 Å². The van der Waals surface area contributed by atoms with Crippen LogP contribution in [0.3, 0.4) is 0 Å². The lowest BCUT2D eigenvalue weighted by Gasteiger charge is -2.35. The van der Waals surface area contributed by atoms with Crippen LogP contribution >= 0.6 is 28.3 Å². The van der Waals surface area contributed by atoms with E-state index in [2.05, 4.69) is 33.5 Å². The highest BCUT2D eigenvalue weighted by Gasteiger charge is 2.28. The van der Waals surface area contributed by atoms with Crippen LogP contribution in [0.1, 0.15) is 35.7 Å². The van der Waals surface area contributed by atoms with Crippen molar-refractivity contribution >= 4 is 34.2 Å². The fourth-order valence-electron chi connectivity index (χ4n) is 2.32.